The summed E-state index contributed by atoms with van der Waals surface area (Å²) in [5, 5.41) is 12.3. The van der Waals surface area contributed by atoms with Gasteiger partial charge in [-0.25, -0.2) is 0 Å². The topological polar surface area (TPSA) is 116 Å². The smallest absolute Gasteiger partial charge is 0.305 e. The zero-order valence-electron chi connectivity index (χ0n) is 12.6. The van der Waals surface area contributed by atoms with E-state index in [9.17, 15) is 14.9 Å². The molecule has 120 valence electrons. The van der Waals surface area contributed by atoms with Crippen LogP contribution in [0.1, 0.15) is 30.1 Å². The summed E-state index contributed by atoms with van der Waals surface area (Å²) in [5.74, 6) is -0.493. The van der Waals surface area contributed by atoms with Crippen molar-refractivity contribution < 1.29 is 14.3 Å². The van der Waals surface area contributed by atoms with Crippen LogP contribution in [0.2, 0.25) is 0 Å². The molecule has 0 radical (unpaired) electrons. The molecule has 0 fully saturated rings. The summed E-state index contributed by atoms with van der Waals surface area (Å²) in [5.41, 5.74) is 8.61. The number of thioether (sulfide) groups is 1. The summed E-state index contributed by atoms with van der Waals surface area (Å²) >= 11 is 0.900. The van der Waals surface area contributed by atoms with Crippen molar-refractivity contribution in [1.29, 1.82) is 5.26 Å². The lowest BCUT2D eigenvalue weighted by Crippen LogP contribution is -2.22. The second-order valence-electron chi connectivity index (χ2n) is 4.77. The summed E-state index contributed by atoms with van der Waals surface area (Å²) in [6.45, 7) is 1.69. The van der Waals surface area contributed by atoms with E-state index in [1.54, 1.807) is 37.3 Å². The molecule has 0 aliphatic heterocycles. The number of benzene rings is 1. The minimum absolute atomic E-state index is 0.00223. The molecular weight excluding hydrogens is 316 g/mol. The molecule has 0 saturated carbocycles. The number of carbonyl (C=O) groups excluding carboxylic acids is 2. The van der Waals surface area contributed by atoms with Crippen LogP contribution >= 0.6 is 11.8 Å². The third-order valence-electron chi connectivity index (χ3n) is 2.89. The molecule has 8 heteroatoms. The van der Waals surface area contributed by atoms with E-state index in [1.807, 2.05) is 0 Å². The maximum atomic E-state index is 12.2. The van der Waals surface area contributed by atoms with Crippen molar-refractivity contribution in [1.82, 2.24) is 0 Å². The van der Waals surface area contributed by atoms with Gasteiger partial charge in [-0.3, -0.25) is 9.59 Å². The van der Waals surface area contributed by atoms with Crippen molar-refractivity contribution >= 4 is 22.8 Å². The molecule has 0 amide bonds. The summed E-state index contributed by atoms with van der Waals surface area (Å²) in [4.78, 5) is 26.3. The molecular formula is C15H16N4O3S. The van der Waals surface area contributed by atoms with Gasteiger partial charge in [0.15, 0.2) is 0 Å². The van der Waals surface area contributed by atoms with Crippen LogP contribution in [0, 0.1) is 11.3 Å². The van der Waals surface area contributed by atoms with Crippen LogP contribution in [0.5, 0.6) is 0 Å². The van der Waals surface area contributed by atoms with Gasteiger partial charge in [-0.05, 0) is 18.9 Å². The Bertz CT molecular complexity index is 638. The lowest BCUT2D eigenvalue weighted by Gasteiger charge is -2.19. The number of carbonyl (C=O) groups is 2. The highest BCUT2D eigenvalue weighted by atomic mass is 32.2. The number of hydrogen-bond donors (Lipinski definition) is 0. The van der Waals surface area contributed by atoms with Crippen molar-refractivity contribution in [2.24, 2.45) is 5.11 Å². The highest BCUT2D eigenvalue weighted by Gasteiger charge is 2.29. The zero-order valence-corrected chi connectivity index (χ0v) is 13.5. The Balaban J connectivity index is 2.51. The molecule has 0 N–H and O–H groups in total. The number of esters is 1. The molecule has 1 unspecified atom stereocenters. The molecule has 0 aliphatic carbocycles. The van der Waals surface area contributed by atoms with E-state index in [-0.39, 0.29) is 31.1 Å². The number of azide groups is 1. The number of rotatable bonds is 8. The largest absolute Gasteiger partial charge is 0.466 e. The SMILES string of the molecule is CC(C#N)(CCC(=O)OCCN=[N+]=[N-])SC(=O)c1ccccc1. The average Bonchev–Trinajstić information content (AvgIpc) is 2.57. The molecule has 1 atom stereocenters. The maximum absolute atomic E-state index is 12.2. The van der Waals surface area contributed by atoms with Crippen LogP contribution in [0.3, 0.4) is 0 Å². The van der Waals surface area contributed by atoms with Gasteiger partial charge in [-0.2, -0.15) is 5.26 Å². The third kappa shape index (κ3) is 6.87. The lowest BCUT2D eigenvalue weighted by molar-refractivity contribution is -0.143. The molecule has 0 aliphatic rings. The van der Waals surface area contributed by atoms with Gasteiger partial charge in [0.1, 0.15) is 4.75 Å². The van der Waals surface area contributed by atoms with Crippen LogP contribution in [-0.4, -0.2) is 29.0 Å². The second kappa shape index (κ2) is 9.51. The highest BCUT2D eigenvalue weighted by molar-refractivity contribution is 8.15. The first kappa shape index (κ1) is 18.6. The quantitative estimate of drug-likeness (QED) is 0.237. The van der Waals surface area contributed by atoms with Crippen molar-refractivity contribution in [3.05, 3.63) is 46.3 Å². The summed E-state index contributed by atoms with van der Waals surface area (Å²) in [6.07, 6.45) is 0.197. The first-order valence-corrected chi connectivity index (χ1v) is 7.68. The Hall–Kier alpha value is -2.49. The van der Waals surface area contributed by atoms with Gasteiger partial charge in [0.05, 0.1) is 19.2 Å². The van der Waals surface area contributed by atoms with Crippen molar-refractivity contribution in [3.63, 3.8) is 0 Å². The van der Waals surface area contributed by atoms with Crippen molar-refractivity contribution in [2.75, 3.05) is 13.2 Å². The third-order valence-corrected chi connectivity index (χ3v) is 4.05. The Morgan fingerprint density at radius 2 is 2.13 bits per heavy atom. The normalized spacial score (nSPS) is 12.3. The van der Waals surface area contributed by atoms with E-state index in [2.05, 4.69) is 16.1 Å². The number of nitrogens with zero attached hydrogens (tertiary/aromatic N) is 4. The molecule has 1 aromatic carbocycles. The van der Waals surface area contributed by atoms with Gasteiger partial charge in [0.2, 0.25) is 5.12 Å². The maximum Gasteiger partial charge on any atom is 0.305 e. The van der Waals surface area contributed by atoms with E-state index in [4.69, 9.17) is 10.3 Å². The van der Waals surface area contributed by atoms with Gasteiger partial charge < -0.3 is 4.74 Å². The molecule has 0 saturated heterocycles. The van der Waals surface area contributed by atoms with Gasteiger partial charge in [-0.15, -0.1) is 0 Å². The summed E-state index contributed by atoms with van der Waals surface area (Å²) in [6, 6.07) is 10.7. The van der Waals surface area contributed by atoms with E-state index >= 15 is 0 Å². The molecule has 0 bridgehead atoms. The standard InChI is InChI=1S/C15H16N4O3S/c1-15(11-16,8-7-13(20)22-10-9-18-19-17)23-14(21)12-5-3-2-4-6-12/h2-6H,7-10H2,1H3. The molecule has 23 heavy (non-hydrogen) atoms. The molecule has 7 nitrogen and oxygen atoms in total. The molecule has 0 spiro atoms. The fraction of sp³-hybridized carbons (Fsp3) is 0.400. The first-order valence-electron chi connectivity index (χ1n) is 6.87. The fourth-order valence-electron chi connectivity index (χ4n) is 1.63. The first-order chi connectivity index (χ1) is 11.0. The molecule has 0 heterocycles. The summed E-state index contributed by atoms with van der Waals surface area (Å²) in [7, 11) is 0. The monoisotopic (exact) mass is 332 g/mol. The number of nitriles is 1. The van der Waals surface area contributed by atoms with Crippen molar-refractivity contribution in [2.45, 2.75) is 24.5 Å². The number of hydrogen-bond acceptors (Lipinski definition) is 6. The van der Waals surface area contributed by atoms with Crippen LogP contribution in [0.15, 0.2) is 35.4 Å². The second-order valence-corrected chi connectivity index (χ2v) is 6.25. The predicted octanol–water partition coefficient (Wildman–Crippen LogP) is 3.48. The minimum atomic E-state index is -1.02. The highest BCUT2D eigenvalue weighted by Crippen LogP contribution is 2.32. The van der Waals surface area contributed by atoms with Crippen LogP contribution < -0.4 is 0 Å². The predicted molar refractivity (Wildman–Crippen MR) is 86.6 cm³/mol. The number of ether oxygens (including phenoxy) is 1. The molecule has 1 aromatic rings. The van der Waals surface area contributed by atoms with Gasteiger partial charge in [-0.1, -0.05) is 47.2 Å². The minimum Gasteiger partial charge on any atom is -0.466 e. The molecule has 0 aromatic heterocycles. The molecule has 1 rings (SSSR count). The van der Waals surface area contributed by atoms with Crippen LogP contribution in [0.4, 0.5) is 0 Å². The van der Waals surface area contributed by atoms with Gasteiger partial charge >= 0.3 is 5.97 Å². The lowest BCUT2D eigenvalue weighted by atomic mass is 10.1. The van der Waals surface area contributed by atoms with Crippen LogP contribution in [0.25, 0.3) is 10.4 Å². The average molecular weight is 332 g/mol. The zero-order chi connectivity index (χ0) is 17.1. The Kier molecular flexibility index (Phi) is 7.67. The Morgan fingerprint density at radius 3 is 2.74 bits per heavy atom. The summed E-state index contributed by atoms with van der Waals surface area (Å²) < 4.78 is 3.85. The van der Waals surface area contributed by atoms with E-state index in [0.717, 1.165) is 11.8 Å². The fourth-order valence-corrected chi connectivity index (χ4v) is 2.54. The van der Waals surface area contributed by atoms with Gasteiger partial charge in [0.25, 0.3) is 0 Å². The Labute approximate surface area is 138 Å². The van der Waals surface area contributed by atoms with Gasteiger partial charge in [0, 0.05) is 16.9 Å². The van der Waals surface area contributed by atoms with E-state index in [1.165, 1.54) is 0 Å². The van der Waals surface area contributed by atoms with E-state index in [0.29, 0.717) is 5.56 Å². The van der Waals surface area contributed by atoms with E-state index < -0.39 is 10.7 Å². The van der Waals surface area contributed by atoms with Crippen LogP contribution in [-0.2, 0) is 9.53 Å². The van der Waals surface area contributed by atoms with Crippen molar-refractivity contribution in [3.8, 4) is 6.07 Å². The Morgan fingerprint density at radius 1 is 1.43 bits per heavy atom.